The maximum atomic E-state index is 10.7. The van der Waals surface area contributed by atoms with Crippen molar-refractivity contribution >= 4 is 5.97 Å². The molecule has 98 valence electrons. The molecule has 0 aromatic carbocycles. The number of carboxylic acids is 1. The highest BCUT2D eigenvalue weighted by atomic mass is 16.5. The first-order valence-corrected chi connectivity index (χ1v) is 6.14. The van der Waals surface area contributed by atoms with Crippen molar-refractivity contribution in [2.45, 2.75) is 31.8 Å². The predicted octanol–water partition coefficient (Wildman–Crippen LogP) is 1.53. The molecule has 0 saturated heterocycles. The predicted molar refractivity (Wildman–Crippen MR) is 66.5 cm³/mol. The first kappa shape index (κ1) is 12.8. The number of rotatable bonds is 7. The fourth-order valence-corrected chi connectivity index (χ4v) is 2.02. The van der Waals surface area contributed by atoms with Gasteiger partial charge in [0.15, 0.2) is 0 Å². The fourth-order valence-electron chi connectivity index (χ4n) is 2.02. The van der Waals surface area contributed by atoms with Crippen molar-refractivity contribution in [1.29, 1.82) is 0 Å². The van der Waals surface area contributed by atoms with Gasteiger partial charge in [0.1, 0.15) is 0 Å². The van der Waals surface area contributed by atoms with Crippen LogP contribution in [0.25, 0.3) is 0 Å². The van der Waals surface area contributed by atoms with Crippen molar-refractivity contribution in [3.05, 3.63) is 23.9 Å². The van der Waals surface area contributed by atoms with Gasteiger partial charge in [-0.2, -0.15) is 0 Å². The van der Waals surface area contributed by atoms with Crippen LogP contribution in [0, 0.1) is 0 Å². The summed E-state index contributed by atoms with van der Waals surface area (Å²) in [6.45, 7) is 1.28. The maximum Gasteiger partial charge on any atom is 0.304 e. The second kappa shape index (κ2) is 5.82. The number of ether oxygens (including phenoxy) is 1. The van der Waals surface area contributed by atoms with Gasteiger partial charge in [-0.3, -0.25) is 9.69 Å². The molecule has 18 heavy (non-hydrogen) atoms. The molecule has 1 aliphatic rings. The topological polar surface area (TPSA) is 62.7 Å². The van der Waals surface area contributed by atoms with Crippen molar-refractivity contribution < 1.29 is 14.6 Å². The second-order valence-corrected chi connectivity index (χ2v) is 4.52. The number of hydrogen-bond acceptors (Lipinski definition) is 4. The van der Waals surface area contributed by atoms with E-state index in [-0.39, 0.29) is 6.42 Å². The molecule has 5 heteroatoms. The summed E-state index contributed by atoms with van der Waals surface area (Å²) in [7, 11) is 1.60. The summed E-state index contributed by atoms with van der Waals surface area (Å²) in [6.07, 6.45) is 4.19. The molecule has 1 aromatic heterocycles. The molecule has 2 rings (SSSR count). The highest BCUT2D eigenvalue weighted by Gasteiger charge is 2.29. The number of aliphatic carboxylic acids is 1. The van der Waals surface area contributed by atoms with Gasteiger partial charge in [-0.05, 0) is 18.9 Å². The van der Waals surface area contributed by atoms with Gasteiger partial charge < -0.3 is 9.84 Å². The van der Waals surface area contributed by atoms with Gasteiger partial charge in [-0.15, -0.1) is 0 Å². The van der Waals surface area contributed by atoms with E-state index in [4.69, 9.17) is 9.84 Å². The first-order chi connectivity index (χ1) is 8.70. The Morgan fingerprint density at radius 1 is 1.61 bits per heavy atom. The minimum atomic E-state index is -0.751. The summed E-state index contributed by atoms with van der Waals surface area (Å²) in [5.74, 6) is -0.128. The molecular weight excluding hydrogens is 232 g/mol. The van der Waals surface area contributed by atoms with Crippen LogP contribution < -0.4 is 4.74 Å². The minimum absolute atomic E-state index is 0.180. The van der Waals surface area contributed by atoms with Crippen LogP contribution in [0.15, 0.2) is 18.3 Å². The monoisotopic (exact) mass is 250 g/mol. The molecule has 5 nitrogen and oxygen atoms in total. The van der Waals surface area contributed by atoms with E-state index in [2.05, 4.69) is 9.88 Å². The van der Waals surface area contributed by atoms with Gasteiger partial charge in [0.25, 0.3) is 0 Å². The molecule has 1 aromatic rings. The summed E-state index contributed by atoms with van der Waals surface area (Å²) in [4.78, 5) is 17.0. The molecule has 0 aliphatic heterocycles. The van der Waals surface area contributed by atoms with Gasteiger partial charge in [-0.25, -0.2) is 4.98 Å². The van der Waals surface area contributed by atoms with Crippen LogP contribution in [0.5, 0.6) is 5.88 Å². The summed E-state index contributed by atoms with van der Waals surface area (Å²) in [6, 6.07) is 4.37. The van der Waals surface area contributed by atoms with E-state index < -0.39 is 5.97 Å². The Hall–Kier alpha value is -1.62. The smallest absolute Gasteiger partial charge is 0.304 e. The average Bonchev–Trinajstić information content (AvgIpc) is 3.19. The van der Waals surface area contributed by atoms with Crippen LogP contribution in [0.2, 0.25) is 0 Å². The van der Waals surface area contributed by atoms with Crippen molar-refractivity contribution in [1.82, 2.24) is 9.88 Å². The Balaban J connectivity index is 2.01. The van der Waals surface area contributed by atoms with Crippen LogP contribution in [-0.4, -0.2) is 40.7 Å². The zero-order valence-electron chi connectivity index (χ0n) is 10.5. The third kappa shape index (κ3) is 3.43. The highest BCUT2D eigenvalue weighted by Crippen LogP contribution is 2.29. The molecular formula is C13H18N2O3. The van der Waals surface area contributed by atoms with Crippen LogP contribution in [-0.2, 0) is 11.3 Å². The molecule has 0 spiro atoms. The Bertz CT molecular complexity index is 418. The van der Waals surface area contributed by atoms with Crippen molar-refractivity contribution in [2.24, 2.45) is 0 Å². The summed E-state index contributed by atoms with van der Waals surface area (Å²) in [5.41, 5.74) is 1.01. The number of pyridine rings is 1. The second-order valence-electron chi connectivity index (χ2n) is 4.52. The van der Waals surface area contributed by atoms with Gasteiger partial charge in [0.05, 0.1) is 13.5 Å². The molecule has 0 radical (unpaired) electrons. The number of nitrogens with zero attached hydrogens (tertiary/aromatic N) is 2. The van der Waals surface area contributed by atoms with Crippen molar-refractivity contribution in [3.8, 4) is 5.88 Å². The fraction of sp³-hybridized carbons (Fsp3) is 0.538. The molecule has 1 N–H and O–H groups in total. The Labute approximate surface area is 106 Å². The van der Waals surface area contributed by atoms with E-state index in [9.17, 15) is 4.79 Å². The van der Waals surface area contributed by atoms with Crippen molar-refractivity contribution in [3.63, 3.8) is 0 Å². The molecule has 1 aliphatic carbocycles. The lowest BCUT2D eigenvalue weighted by molar-refractivity contribution is -0.137. The lowest BCUT2D eigenvalue weighted by atomic mass is 10.2. The number of aromatic nitrogens is 1. The normalized spacial score (nSPS) is 14.8. The molecule has 1 heterocycles. The Morgan fingerprint density at radius 3 is 3.00 bits per heavy atom. The largest absolute Gasteiger partial charge is 0.481 e. The summed E-state index contributed by atoms with van der Waals surface area (Å²) < 4.78 is 5.22. The van der Waals surface area contributed by atoms with E-state index in [0.717, 1.165) is 18.4 Å². The number of methoxy groups -OCH3 is 1. The SMILES string of the molecule is COc1ncccc1CN(CCC(=O)O)C1CC1. The molecule has 0 bridgehead atoms. The van der Waals surface area contributed by atoms with Crippen LogP contribution in [0.1, 0.15) is 24.8 Å². The Morgan fingerprint density at radius 2 is 2.39 bits per heavy atom. The van der Waals surface area contributed by atoms with Crippen LogP contribution in [0.3, 0.4) is 0 Å². The minimum Gasteiger partial charge on any atom is -0.481 e. The zero-order valence-corrected chi connectivity index (χ0v) is 10.5. The lowest BCUT2D eigenvalue weighted by Crippen LogP contribution is -2.28. The number of hydrogen-bond donors (Lipinski definition) is 1. The number of carboxylic acid groups (broad SMARTS) is 1. The lowest BCUT2D eigenvalue weighted by Gasteiger charge is -2.21. The Kier molecular flexibility index (Phi) is 4.15. The van der Waals surface area contributed by atoms with E-state index in [0.29, 0.717) is 25.0 Å². The average molecular weight is 250 g/mol. The first-order valence-electron chi connectivity index (χ1n) is 6.14. The summed E-state index contributed by atoms with van der Waals surface area (Å²) in [5, 5.41) is 8.77. The number of carbonyl (C=O) groups is 1. The quantitative estimate of drug-likeness (QED) is 0.795. The summed E-state index contributed by atoms with van der Waals surface area (Å²) >= 11 is 0. The van der Waals surface area contributed by atoms with Crippen LogP contribution >= 0.6 is 0 Å². The molecule has 0 atom stereocenters. The standard InChI is InChI=1S/C13H18N2O3/c1-18-13-10(3-2-7-14-13)9-15(11-4-5-11)8-6-12(16)17/h2-3,7,11H,4-6,8-9H2,1H3,(H,16,17). The van der Waals surface area contributed by atoms with E-state index in [1.807, 2.05) is 12.1 Å². The van der Waals surface area contributed by atoms with Gasteiger partial charge in [0, 0.05) is 30.9 Å². The van der Waals surface area contributed by atoms with Gasteiger partial charge in [0.2, 0.25) is 5.88 Å². The molecule has 0 amide bonds. The van der Waals surface area contributed by atoms with Gasteiger partial charge >= 0.3 is 5.97 Å². The zero-order chi connectivity index (χ0) is 13.0. The van der Waals surface area contributed by atoms with E-state index in [1.165, 1.54) is 0 Å². The third-order valence-corrected chi connectivity index (χ3v) is 3.09. The maximum absolute atomic E-state index is 10.7. The van der Waals surface area contributed by atoms with Gasteiger partial charge in [-0.1, -0.05) is 6.07 Å². The van der Waals surface area contributed by atoms with E-state index in [1.54, 1.807) is 13.3 Å². The van der Waals surface area contributed by atoms with Crippen molar-refractivity contribution in [2.75, 3.05) is 13.7 Å². The molecule has 0 unspecified atom stereocenters. The molecule has 1 saturated carbocycles. The van der Waals surface area contributed by atoms with Crippen LogP contribution in [0.4, 0.5) is 0 Å². The highest BCUT2D eigenvalue weighted by molar-refractivity contribution is 5.66. The third-order valence-electron chi connectivity index (χ3n) is 3.09. The van der Waals surface area contributed by atoms with E-state index >= 15 is 0 Å². The molecule has 1 fully saturated rings.